The second-order valence-electron chi connectivity index (χ2n) is 4.97. The number of aromatic nitrogens is 1. The molecule has 0 aliphatic carbocycles. The largest absolute Gasteiger partial charge is 0.361 e. The minimum absolute atomic E-state index is 0.00158. The van der Waals surface area contributed by atoms with Crippen molar-refractivity contribution in [3.05, 3.63) is 46.8 Å². The topological polar surface area (TPSA) is 113 Å². The van der Waals surface area contributed by atoms with Crippen molar-refractivity contribution in [3.8, 4) is 6.07 Å². The van der Waals surface area contributed by atoms with Crippen LogP contribution in [-0.2, 0) is 21.2 Å². The Balaban J connectivity index is 2.02. The van der Waals surface area contributed by atoms with E-state index >= 15 is 0 Å². The van der Waals surface area contributed by atoms with Crippen LogP contribution in [0.1, 0.15) is 29.0 Å². The summed E-state index contributed by atoms with van der Waals surface area (Å²) >= 11 is 0. The Morgan fingerprint density at radius 2 is 1.96 bits per heavy atom. The van der Waals surface area contributed by atoms with E-state index in [1.54, 1.807) is 13.8 Å². The first kappa shape index (κ1) is 16.7. The van der Waals surface area contributed by atoms with Crippen LogP contribution in [0.4, 0.5) is 0 Å². The molecule has 0 saturated heterocycles. The van der Waals surface area contributed by atoms with Crippen LogP contribution in [0.15, 0.2) is 33.7 Å². The van der Waals surface area contributed by atoms with Gasteiger partial charge in [-0.15, -0.1) is 0 Å². The maximum absolute atomic E-state index is 12.1. The van der Waals surface area contributed by atoms with Crippen LogP contribution in [0.2, 0.25) is 0 Å². The molecule has 0 spiro atoms. The van der Waals surface area contributed by atoms with E-state index in [0.717, 1.165) is 5.56 Å². The molecule has 0 atom stereocenters. The molecule has 1 N–H and O–H groups in total. The molecule has 1 heterocycles. The van der Waals surface area contributed by atoms with Crippen molar-refractivity contribution in [3.63, 3.8) is 0 Å². The third-order valence-electron chi connectivity index (χ3n) is 3.33. The number of carbonyl (C=O) groups excluding carboxylic acids is 1. The van der Waals surface area contributed by atoms with Crippen molar-refractivity contribution in [2.75, 3.05) is 0 Å². The van der Waals surface area contributed by atoms with Gasteiger partial charge < -0.3 is 4.52 Å². The lowest BCUT2D eigenvalue weighted by Crippen LogP contribution is -2.30. The number of hydrogen-bond acceptors (Lipinski definition) is 6. The van der Waals surface area contributed by atoms with Crippen molar-refractivity contribution in [1.82, 2.24) is 9.88 Å². The normalized spacial score (nSPS) is 11.0. The highest BCUT2D eigenvalue weighted by molar-refractivity contribution is 7.90. The van der Waals surface area contributed by atoms with Crippen LogP contribution in [0.3, 0.4) is 0 Å². The SMILES string of the molecule is Cc1noc(C)c1CCC(=O)NS(=O)(=O)c1ccc(C#N)cc1. The van der Waals surface area contributed by atoms with Crippen LogP contribution in [0.5, 0.6) is 0 Å². The van der Waals surface area contributed by atoms with E-state index in [9.17, 15) is 13.2 Å². The molecule has 0 fully saturated rings. The van der Waals surface area contributed by atoms with Gasteiger partial charge in [0.25, 0.3) is 10.0 Å². The number of aryl methyl sites for hydroxylation is 2. The van der Waals surface area contributed by atoms with Gasteiger partial charge in [-0.05, 0) is 44.5 Å². The van der Waals surface area contributed by atoms with Crippen LogP contribution < -0.4 is 4.72 Å². The smallest absolute Gasteiger partial charge is 0.264 e. The molecule has 0 bridgehead atoms. The highest BCUT2D eigenvalue weighted by atomic mass is 32.2. The molecular formula is C15H15N3O4S. The lowest BCUT2D eigenvalue weighted by Gasteiger charge is -2.07. The molecule has 0 radical (unpaired) electrons. The average Bonchev–Trinajstić information content (AvgIpc) is 2.83. The molecule has 0 unspecified atom stereocenters. The molecule has 120 valence electrons. The fraction of sp³-hybridized carbons (Fsp3) is 0.267. The quantitative estimate of drug-likeness (QED) is 0.889. The summed E-state index contributed by atoms with van der Waals surface area (Å²) in [6, 6.07) is 7.21. The summed E-state index contributed by atoms with van der Waals surface area (Å²) < 4.78 is 31.2. The van der Waals surface area contributed by atoms with E-state index in [0.29, 0.717) is 23.4 Å². The van der Waals surface area contributed by atoms with Gasteiger partial charge in [-0.1, -0.05) is 5.16 Å². The lowest BCUT2D eigenvalue weighted by atomic mass is 10.1. The van der Waals surface area contributed by atoms with Crippen molar-refractivity contribution >= 4 is 15.9 Å². The Labute approximate surface area is 134 Å². The van der Waals surface area contributed by atoms with E-state index in [1.165, 1.54) is 24.3 Å². The second kappa shape index (κ2) is 6.62. The molecule has 0 saturated carbocycles. The molecule has 8 heteroatoms. The number of nitrogens with one attached hydrogen (secondary N) is 1. The minimum Gasteiger partial charge on any atom is -0.361 e. The van der Waals surface area contributed by atoms with E-state index < -0.39 is 15.9 Å². The zero-order valence-corrected chi connectivity index (χ0v) is 13.5. The standard InChI is InChI=1S/C15H15N3O4S/c1-10-14(11(2)22-17-10)7-8-15(19)18-23(20,21)13-5-3-12(9-16)4-6-13/h3-6H,7-8H2,1-2H3,(H,18,19). The third-order valence-corrected chi connectivity index (χ3v) is 4.71. The van der Waals surface area contributed by atoms with Crippen LogP contribution >= 0.6 is 0 Å². The van der Waals surface area contributed by atoms with Crippen LogP contribution in [0.25, 0.3) is 0 Å². The summed E-state index contributed by atoms with van der Waals surface area (Å²) in [6.07, 6.45) is 0.342. The third kappa shape index (κ3) is 3.96. The maximum Gasteiger partial charge on any atom is 0.264 e. The Bertz CT molecular complexity index is 842. The summed E-state index contributed by atoms with van der Waals surface area (Å²) in [4.78, 5) is 11.8. The van der Waals surface area contributed by atoms with Crippen molar-refractivity contribution in [2.45, 2.75) is 31.6 Å². The van der Waals surface area contributed by atoms with E-state index in [-0.39, 0.29) is 11.3 Å². The number of carbonyl (C=O) groups is 1. The molecule has 7 nitrogen and oxygen atoms in total. The van der Waals surface area contributed by atoms with Crippen molar-refractivity contribution in [2.24, 2.45) is 0 Å². The summed E-state index contributed by atoms with van der Waals surface area (Å²) in [6.45, 7) is 3.50. The fourth-order valence-corrected chi connectivity index (χ4v) is 3.08. The molecule has 1 aromatic carbocycles. The molecule has 0 aliphatic rings. The first-order valence-corrected chi connectivity index (χ1v) is 8.29. The van der Waals surface area contributed by atoms with Crippen LogP contribution in [-0.4, -0.2) is 19.5 Å². The zero-order valence-electron chi connectivity index (χ0n) is 12.7. The number of benzene rings is 1. The number of hydrogen-bond donors (Lipinski definition) is 1. The molecule has 0 aliphatic heterocycles. The van der Waals surface area contributed by atoms with Gasteiger partial charge in [0.05, 0.1) is 22.2 Å². The number of nitrogens with zero attached hydrogens (tertiary/aromatic N) is 2. The maximum atomic E-state index is 12.1. The van der Waals surface area contributed by atoms with Gasteiger partial charge in [-0.25, -0.2) is 13.1 Å². The molecule has 2 rings (SSSR count). The van der Waals surface area contributed by atoms with Gasteiger partial charge in [-0.2, -0.15) is 5.26 Å². The Hall–Kier alpha value is -2.66. The highest BCUT2D eigenvalue weighted by Gasteiger charge is 2.18. The van der Waals surface area contributed by atoms with Gasteiger partial charge in [0, 0.05) is 12.0 Å². The number of sulfonamides is 1. The summed E-state index contributed by atoms with van der Waals surface area (Å²) in [5.41, 5.74) is 1.83. The second-order valence-corrected chi connectivity index (χ2v) is 6.65. The first-order chi connectivity index (χ1) is 10.8. The number of rotatable bonds is 5. The van der Waals surface area contributed by atoms with E-state index in [1.807, 2.05) is 10.8 Å². The van der Waals surface area contributed by atoms with E-state index in [4.69, 9.17) is 9.78 Å². The summed E-state index contributed by atoms with van der Waals surface area (Å²) in [5, 5.41) is 12.5. The van der Waals surface area contributed by atoms with Gasteiger partial charge in [0.15, 0.2) is 0 Å². The molecule has 23 heavy (non-hydrogen) atoms. The van der Waals surface area contributed by atoms with Crippen LogP contribution in [0, 0.1) is 25.2 Å². The molecule has 1 amide bonds. The Kier molecular flexibility index (Phi) is 4.81. The van der Waals surface area contributed by atoms with E-state index in [2.05, 4.69) is 5.16 Å². The van der Waals surface area contributed by atoms with Crippen molar-refractivity contribution in [1.29, 1.82) is 5.26 Å². The monoisotopic (exact) mass is 333 g/mol. The number of amides is 1. The summed E-state index contributed by atoms with van der Waals surface area (Å²) in [5.74, 6) is -0.000362. The molecule has 1 aromatic heterocycles. The van der Waals surface area contributed by atoms with Gasteiger partial charge in [-0.3, -0.25) is 4.79 Å². The predicted octanol–water partition coefficient (Wildman–Crippen LogP) is 1.60. The lowest BCUT2D eigenvalue weighted by molar-refractivity contribution is -0.119. The predicted molar refractivity (Wildman–Crippen MR) is 80.8 cm³/mol. The highest BCUT2D eigenvalue weighted by Crippen LogP contribution is 2.15. The first-order valence-electron chi connectivity index (χ1n) is 6.81. The van der Waals surface area contributed by atoms with Gasteiger partial charge >= 0.3 is 0 Å². The zero-order chi connectivity index (χ0) is 17.0. The Morgan fingerprint density at radius 1 is 1.30 bits per heavy atom. The Morgan fingerprint density at radius 3 is 2.48 bits per heavy atom. The number of nitriles is 1. The molecule has 2 aromatic rings. The fourth-order valence-electron chi connectivity index (χ4n) is 2.07. The average molecular weight is 333 g/mol. The van der Waals surface area contributed by atoms with Gasteiger partial charge in [0.2, 0.25) is 5.91 Å². The van der Waals surface area contributed by atoms with Crippen molar-refractivity contribution < 1.29 is 17.7 Å². The van der Waals surface area contributed by atoms with Gasteiger partial charge in [0.1, 0.15) is 5.76 Å². The minimum atomic E-state index is -3.94. The molecular weight excluding hydrogens is 318 g/mol. The summed E-state index contributed by atoms with van der Waals surface area (Å²) in [7, 11) is -3.94.